The molecule has 1 aromatic carbocycles. The average molecular weight is 479 g/mol. The Balaban J connectivity index is 2.10. The molecule has 3 amide bonds. The van der Waals surface area contributed by atoms with Gasteiger partial charge in [-0.3, -0.25) is 19.2 Å². The minimum absolute atomic E-state index is 0.00487. The van der Waals surface area contributed by atoms with Gasteiger partial charge in [-0.15, -0.1) is 0 Å². The van der Waals surface area contributed by atoms with Gasteiger partial charge in [0.05, 0.1) is 6.04 Å². The molecule has 0 radical (unpaired) electrons. The van der Waals surface area contributed by atoms with E-state index in [9.17, 15) is 34.2 Å². The number of hydrogen-bond acceptors (Lipinski definition) is 7. The van der Waals surface area contributed by atoms with Gasteiger partial charge < -0.3 is 36.6 Å². The van der Waals surface area contributed by atoms with E-state index < -0.39 is 54.3 Å². The molecule has 1 aliphatic heterocycles. The van der Waals surface area contributed by atoms with Crippen molar-refractivity contribution in [2.24, 2.45) is 0 Å². The van der Waals surface area contributed by atoms with Crippen molar-refractivity contribution in [3.8, 4) is 5.75 Å². The molecule has 1 aliphatic rings. The van der Waals surface area contributed by atoms with Crippen LogP contribution >= 0.6 is 0 Å². The monoisotopic (exact) mass is 478 g/mol. The summed E-state index contributed by atoms with van der Waals surface area (Å²) in [7, 11) is 0. The number of rotatable bonds is 12. The molecule has 1 aromatic rings. The average Bonchev–Trinajstić information content (AvgIpc) is 3.32. The van der Waals surface area contributed by atoms with Gasteiger partial charge in [0.2, 0.25) is 17.7 Å². The van der Waals surface area contributed by atoms with Crippen LogP contribution in [0.25, 0.3) is 0 Å². The summed E-state index contributed by atoms with van der Waals surface area (Å²) in [6.07, 6.45) is 0.661. The first-order valence-electron chi connectivity index (χ1n) is 10.9. The topological polar surface area (TPSA) is 194 Å². The van der Waals surface area contributed by atoms with E-state index in [1.54, 1.807) is 0 Å². The van der Waals surface area contributed by atoms with Crippen LogP contribution in [0.3, 0.4) is 0 Å². The van der Waals surface area contributed by atoms with Gasteiger partial charge >= 0.3 is 11.9 Å². The minimum Gasteiger partial charge on any atom is -0.508 e. The molecule has 0 aromatic heterocycles. The van der Waals surface area contributed by atoms with Gasteiger partial charge in [-0.1, -0.05) is 12.1 Å². The minimum atomic E-state index is -1.46. The van der Waals surface area contributed by atoms with E-state index in [0.29, 0.717) is 18.5 Å². The third-order valence-electron chi connectivity index (χ3n) is 5.40. The molecule has 1 heterocycles. The van der Waals surface area contributed by atoms with Crippen LogP contribution in [0.15, 0.2) is 24.3 Å². The summed E-state index contributed by atoms with van der Waals surface area (Å²) >= 11 is 0. The lowest BCUT2D eigenvalue weighted by atomic mass is 10.0. The summed E-state index contributed by atoms with van der Waals surface area (Å²) in [6.45, 7) is 2.17. The van der Waals surface area contributed by atoms with Gasteiger partial charge in [-0.05, 0) is 50.4 Å². The molecule has 12 nitrogen and oxygen atoms in total. The summed E-state index contributed by atoms with van der Waals surface area (Å²) in [5.41, 5.74) is 0.572. The van der Waals surface area contributed by atoms with Gasteiger partial charge in [0.1, 0.15) is 23.9 Å². The van der Waals surface area contributed by atoms with Crippen LogP contribution in [0.5, 0.6) is 5.75 Å². The summed E-state index contributed by atoms with van der Waals surface area (Å²) < 4.78 is 0. The van der Waals surface area contributed by atoms with Crippen LogP contribution in [0, 0.1) is 0 Å². The third kappa shape index (κ3) is 8.35. The Kier molecular flexibility index (Phi) is 9.80. The Bertz CT molecular complexity index is 899. The fraction of sp³-hybridized carbons (Fsp3) is 0.500. The lowest BCUT2D eigenvalue weighted by Gasteiger charge is -2.24. The van der Waals surface area contributed by atoms with Crippen LogP contribution in [-0.2, 0) is 30.4 Å². The molecule has 1 fully saturated rings. The lowest BCUT2D eigenvalue weighted by Crippen LogP contribution is -2.56. The number of aromatic hydroxyl groups is 1. The summed E-state index contributed by atoms with van der Waals surface area (Å²) in [5.74, 6) is -4.42. The van der Waals surface area contributed by atoms with Crippen molar-refractivity contribution in [3.05, 3.63) is 29.8 Å². The van der Waals surface area contributed by atoms with Crippen LogP contribution < -0.4 is 21.3 Å². The normalized spacial score (nSPS) is 17.7. The maximum Gasteiger partial charge on any atom is 0.326 e. The van der Waals surface area contributed by atoms with Crippen molar-refractivity contribution in [3.63, 3.8) is 0 Å². The largest absolute Gasteiger partial charge is 0.508 e. The second-order valence-electron chi connectivity index (χ2n) is 8.14. The molecule has 12 heteroatoms. The Labute approximate surface area is 196 Å². The quantitative estimate of drug-likeness (QED) is 0.199. The molecule has 1 saturated heterocycles. The van der Waals surface area contributed by atoms with Gasteiger partial charge in [0, 0.05) is 12.8 Å². The number of carbonyl (C=O) groups excluding carboxylic acids is 3. The number of hydrogen-bond donors (Lipinski definition) is 7. The molecule has 0 bridgehead atoms. The molecule has 4 unspecified atom stereocenters. The molecule has 2 rings (SSSR count). The maximum atomic E-state index is 12.9. The van der Waals surface area contributed by atoms with Gasteiger partial charge in [0.15, 0.2) is 0 Å². The molecule has 0 spiro atoms. The zero-order valence-electron chi connectivity index (χ0n) is 18.7. The molecule has 0 saturated carbocycles. The van der Waals surface area contributed by atoms with E-state index >= 15 is 0 Å². The zero-order chi connectivity index (χ0) is 25.3. The molecule has 4 atom stereocenters. The number of carboxylic acid groups (broad SMARTS) is 2. The number of amides is 3. The summed E-state index contributed by atoms with van der Waals surface area (Å²) in [6, 6.07) is 1.84. The predicted octanol–water partition coefficient (Wildman–Crippen LogP) is -0.890. The van der Waals surface area contributed by atoms with E-state index in [1.165, 1.54) is 31.2 Å². The number of carbonyl (C=O) groups is 5. The first-order chi connectivity index (χ1) is 16.1. The first-order valence-corrected chi connectivity index (χ1v) is 10.9. The lowest BCUT2D eigenvalue weighted by molar-refractivity contribution is -0.143. The Morgan fingerprint density at radius 2 is 1.65 bits per heavy atom. The standard InChI is InChI=1S/C22H30N4O8/c1-12(24-20(31)15-3-2-10-23-15)19(30)26-17(11-13-4-6-14(27)7-5-13)21(32)25-16(22(33)34)8-9-18(28)29/h4-7,12,15-17,23,27H,2-3,8-11H2,1H3,(H,24,31)(H,25,32)(H,26,30)(H,28,29)(H,33,34). The molecule has 34 heavy (non-hydrogen) atoms. The number of phenols is 1. The van der Waals surface area contributed by atoms with E-state index in [0.717, 1.165) is 6.42 Å². The van der Waals surface area contributed by atoms with E-state index in [2.05, 4.69) is 21.3 Å². The fourth-order valence-corrected chi connectivity index (χ4v) is 3.46. The van der Waals surface area contributed by atoms with Crippen LogP contribution in [0.1, 0.15) is 38.2 Å². The second-order valence-corrected chi connectivity index (χ2v) is 8.14. The maximum absolute atomic E-state index is 12.9. The highest BCUT2D eigenvalue weighted by molar-refractivity contribution is 5.94. The SMILES string of the molecule is CC(NC(=O)C1CCCN1)C(=O)NC(Cc1ccc(O)cc1)C(=O)NC(CCC(=O)O)C(=O)O. The Morgan fingerprint density at radius 3 is 2.21 bits per heavy atom. The van der Waals surface area contributed by atoms with Crippen LogP contribution in [0.2, 0.25) is 0 Å². The smallest absolute Gasteiger partial charge is 0.326 e. The molecule has 7 N–H and O–H groups in total. The first kappa shape index (κ1) is 26.6. The van der Waals surface area contributed by atoms with Gasteiger partial charge in [-0.25, -0.2) is 4.79 Å². The van der Waals surface area contributed by atoms with Crippen LogP contribution in [0.4, 0.5) is 0 Å². The molecule has 186 valence electrons. The van der Waals surface area contributed by atoms with Gasteiger partial charge in [-0.2, -0.15) is 0 Å². The molecular weight excluding hydrogens is 448 g/mol. The Hall–Kier alpha value is -3.67. The van der Waals surface area contributed by atoms with Crippen molar-refractivity contribution >= 4 is 29.7 Å². The number of aliphatic carboxylic acids is 2. The van der Waals surface area contributed by atoms with Crippen LogP contribution in [-0.4, -0.2) is 75.7 Å². The molecular formula is C22H30N4O8. The highest BCUT2D eigenvalue weighted by Gasteiger charge is 2.30. The summed E-state index contributed by atoms with van der Waals surface area (Å²) in [5, 5.41) is 38.0. The number of carboxylic acids is 2. The number of phenolic OH excluding ortho intramolecular Hbond substituents is 1. The van der Waals surface area contributed by atoms with E-state index in [-0.39, 0.29) is 24.5 Å². The van der Waals surface area contributed by atoms with Gasteiger partial charge in [0.25, 0.3) is 0 Å². The highest BCUT2D eigenvalue weighted by Crippen LogP contribution is 2.12. The van der Waals surface area contributed by atoms with Crippen molar-refractivity contribution in [1.82, 2.24) is 21.3 Å². The number of nitrogens with one attached hydrogen (secondary N) is 4. The van der Waals surface area contributed by atoms with E-state index in [1.807, 2.05) is 0 Å². The van der Waals surface area contributed by atoms with E-state index in [4.69, 9.17) is 5.11 Å². The van der Waals surface area contributed by atoms with Crippen molar-refractivity contribution < 1.29 is 39.3 Å². The van der Waals surface area contributed by atoms with Crippen molar-refractivity contribution in [1.29, 1.82) is 0 Å². The second kappa shape index (κ2) is 12.5. The highest BCUT2D eigenvalue weighted by atomic mass is 16.4. The fourth-order valence-electron chi connectivity index (χ4n) is 3.46. The molecule has 0 aliphatic carbocycles. The van der Waals surface area contributed by atoms with Crippen molar-refractivity contribution in [2.75, 3.05) is 6.54 Å². The summed E-state index contributed by atoms with van der Waals surface area (Å²) in [4.78, 5) is 60.2. The van der Waals surface area contributed by atoms with Crippen molar-refractivity contribution in [2.45, 2.75) is 63.2 Å². The Morgan fingerprint density at radius 1 is 1.00 bits per heavy atom. The zero-order valence-corrected chi connectivity index (χ0v) is 18.7. The predicted molar refractivity (Wildman–Crippen MR) is 119 cm³/mol. The number of benzene rings is 1. The third-order valence-corrected chi connectivity index (χ3v) is 5.40.